The monoisotopic (exact) mass is 254 g/mol. The second-order valence-electron chi connectivity index (χ2n) is 6.59. The molecule has 1 aliphatic heterocycles. The molecule has 1 saturated carbocycles. The van der Waals surface area contributed by atoms with E-state index in [1.165, 1.54) is 44.9 Å². The molecule has 2 aliphatic rings. The molecule has 1 unspecified atom stereocenters. The van der Waals surface area contributed by atoms with Crippen molar-refractivity contribution in [3.05, 3.63) is 0 Å². The van der Waals surface area contributed by atoms with E-state index in [1.807, 2.05) is 0 Å². The minimum atomic E-state index is 0.102. The molecule has 0 bridgehead atoms. The van der Waals surface area contributed by atoms with Crippen molar-refractivity contribution < 1.29 is 9.84 Å². The average molecular weight is 254 g/mol. The Kier molecular flexibility index (Phi) is 4.71. The van der Waals surface area contributed by atoms with Crippen molar-refractivity contribution in [3.63, 3.8) is 0 Å². The number of hydrogen-bond acceptors (Lipinski definition) is 2. The van der Waals surface area contributed by atoms with Crippen LogP contribution in [-0.4, -0.2) is 23.4 Å². The Labute approximate surface area is 112 Å². The first-order chi connectivity index (χ1) is 8.67. The van der Waals surface area contributed by atoms with E-state index in [1.54, 1.807) is 0 Å². The Morgan fingerprint density at radius 1 is 1.11 bits per heavy atom. The highest BCUT2D eigenvalue weighted by molar-refractivity contribution is 4.93. The molecular weight excluding hydrogens is 224 g/mol. The molecule has 0 aromatic heterocycles. The standard InChI is InChI=1S/C16H30O2/c1-3-15(4-2,13-17)12-14-8-11-16(18-14)9-6-5-7-10-16/h14,17H,3-13H2,1-2H3. The van der Waals surface area contributed by atoms with E-state index in [-0.39, 0.29) is 11.0 Å². The number of aliphatic hydroxyl groups excluding tert-OH is 1. The van der Waals surface area contributed by atoms with Crippen LogP contribution in [0.1, 0.15) is 78.1 Å². The van der Waals surface area contributed by atoms with Gasteiger partial charge in [0.15, 0.2) is 0 Å². The van der Waals surface area contributed by atoms with Crippen molar-refractivity contribution in [1.29, 1.82) is 0 Å². The fourth-order valence-corrected chi connectivity index (χ4v) is 3.91. The van der Waals surface area contributed by atoms with Crippen LogP contribution in [0.5, 0.6) is 0 Å². The summed E-state index contributed by atoms with van der Waals surface area (Å²) in [5.74, 6) is 0. The molecular formula is C16H30O2. The highest BCUT2D eigenvalue weighted by atomic mass is 16.5. The fraction of sp³-hybridized carbons (Fsp3) is 1.00. The Morgan fingerprint density at radius 3 is 2.33 bits per heavy atom. The second-order valence-corrected chi connectivity index (χ2v) is 6.59. The zero-order valence-electron chi connectivity index (χ0n) is 12.2. The molecule has 2 nitrogen and oxygen atoms in total. The Bertz CT molecular complexity index is 244. The van der Waals surface area contributed by atoms with Gasteiger partial charge in [0.05, 0.1) is 11.7 Å². The van der Waals surface area contributed by atoms with Crippen LogP contribution < -0.4 is 0 Å². The Balaban J connectivity index is 1.92. The quantitative estimate of drug-likeness (QED) is 0.802. The van der Waals surface area contributed by atoms with Gasteiger partial charge in [-0.3, -0.25) is 0 Å². The molecule has 0 aromatic carbocycles. The first-order valence-corrected chi connectivity index (χ1v) is 7.96. The molecule has 18 heavy (non-hydrogen) atoms. The van der Waals surface area contributed by atoms with Gasteiger partial charge >= 0.3 is 0 Å². The van der Waals surface area contributed by atoms with Crippen molar-refractivity contribution in [3.8, 4) is 0 Å². The summed E-state index contributed by atoms with van der Waals surface area (Å²) in [6, 6.07) is 0. The minimum absolute atomic E-state index is 0.102. The van der Waals surface area contributed by atoms with E-state index in [9.17, 15) is 5.11 Å². The van der Waals surface area contributed by atoms with Crippen LogP contribution >= 0.6 is 0 Å². The predicted octanol–water partition coefficient (Wildman–Crippen LogP) is 4.06. The summed E-state index contributed by atoms with van der Waals surface area (Å²) in [7, 11) is 0. The third-order valence-corrected chi connectivity index (χ3v) is 5.60. The molecule has 0 aromatic rings. The lowest BCUT2D eigenvalue weighted by Crippen LogP contribution is -2.34. The van der Waals surface area contributed by atoms with Gasteiger partial charge in [-0.1, -0.05) is 33.1 Å². The van der Waals surface area contributed by atoms with Gasteiger partial charge in [-0.2, -0.15) is 0 Å². The summed E-state index contributed by atoms with van der Waals surface area (Å²) < 4.78 is 6.44. The molecule has 2 heteroatoms. The lowest BCUT2D eigenvalue weighted by Gasteiger charge is -2.36. The molecule has 1 heterocycles. The van der Waals surface area contributed by atoms with Gasteiger partial charge in [-0.15, -0.1) is 0 Å². The van der Waals surface area contributed by atoms with Crippen LogP contribution in [0.25, 0.3) is 0 Å². The largest absolute Gasteiger partial charge is 0.396 e. The maximum absolute atomic E-state index is 9.68. The molecule has 0 radical (unpaired) electrons. The zero-order chi connectivity index (χ0) is 13.1. The number of ether oxygens (including phenoxy) is 1. The smallest absolute Gasteiger partial charge is 0.0687 e. The van der Waals surface area contributed by atoms with E-state index >= 15 is 0 Å². The van der Waals surface area contributed by atoms with E-state index in [4.69, 9.17) is 4.74 Å². The van der Waals surface area contributed by atoms with Crippen molar-refractivity contribution in [2.45, 2.75) is 89.8 Å². The van der Waals surface area contributed by atoms with Crippen LogP contribution in [0.4, 0.5) is 0 Å². The number of aliphatic hydroxyl groups is 1. The summed E-state index contributed by atoms with van der Waals surface area (Å²) in [5, 5.41) is 9.68. The van der Waals surface area contributed by atoms with Crippen molar-refractivity contribution in [2.75, 3.05) is 6.61 Å². The molecule has 1 spiro atoms. The summed E-state index contributed by atoms with van der Waals surface area (Å²) in [5.41, 5.74) is 0.330. The van der Waals surface area contributed by atoms with E-state index in [0.717, 1.165) is 19.3 Å². The van der Waals surface area contributed by atoms with Crippen LogP contribution in [0.15, 0.2) is 0 Å². The first kappa shape index (κ1) is 14.3. The van der Waals surface area contributed by atoms with Gasteiger partial charge in [-0.25, -0.2) is 0 Å². The Hall–Kier alpha value is -0.0800. The zero-order valence-corrected chi connectivity index (χ0v) is 12.2. The van der Waals surface area contributed by atoms with Crippen LogP contribution in [0.2, 0.25) is 0 Å². The van der Waals surface area contributed by atoms with Crippen LogP contribution in [-0.2, 0) is 4.74 Å². The van der Waals surface area contributed by atoms with Gasteiger partial charge in [0, 0.05) is 6.61 Å². The predicted molar refractivity (Wildman–Crippen MR) is 74.6 cm³/mol. The van der Waals surface area contributed by atoms with Crippen molar-refractivity contribution >= 4 is 0 Å². The topological polar surface area (TPSA) is 29.5 Å². The molecule has 2 fully saturated rings. The van der Waals surface area contributed by atoms with Crippen LogP contribution in [0, 0.1) is 5.41 Å². The normalized spacial score (nSPS) is 27.8. The van der Waals surface area contributed by atoms with E-state index in [2.05, 4.69) is 13.8 Å². The third kappa shape index (κ3) is 2.91. The summed E-state index contributed by atoms with van der Waals surface area (Å²) in [6.45, 7) is 4.71. The van der Waals surface area contributed by atoms with Gasteiger partial charge in [0.25, 0.3) is 0 Å². The molecule has 1 aliphatic carbocycles. The second kappa shape index (κ2) is 5.92. The molecule has 1 saturated heterocycles. The fourth-order valence-electron chi connectivity index (χ4n) is 3.91. The number of rotatable bonds is 5. The highest BCUT2D eigenvalue weighted by Crippen LogP contribution is 2.45. The molecule has 1 N–H and O–H groups in total. The summed E-state index contributed by atoms with van der Waals surface area (Å²) >= 11 is 0. The highest BCUT2D eigenvalue weighted by Gasteiger charge is 2.43. The molecule has 106 valence electrons. The Morgan fingerprint density at radius 2 is 1.78 bits per heavy atom. The summed E-state index contributed by atoms with van der Waals surface area (Å²) in [6.07, 6.45) is 12.7. The van der Waals surface area contributed by atoms with Crippen molar-refractivity contribution in [2.24, 2.45) is 5.41 Å². The van der Waals surface area contributed by atoms with Gasteiger partial charge in [0.1, 0.15) is 0 Å². The lowest BCUT2D eigenvalue weighted by atomic mass is 9.77. The summed E-state index contributed by atoms with van der Waals surface area (Å²) in [4.78, 5) is 0. The first-order valence-electron chi connectivity index (χ1n) is 7.96. The molecule has 1 atom stereocenters. The SMILES string of the molecule is CCC(CC)(CO)CC1CCC2(CCCCC2)O1. The molecule has 0 amide bonds. The van der Waals surface area contributed by atoms with Gasteiger partial charge < -0.3 is 9.84 Å². The third-order valence-electron chi connectivity index (χ3n) is 5.60. The van der Waals surface area contributed by atoms with Gasteiger partial charge in [0.2, 0.25) is 0 Å². The van der Waals surface area contributed by atoms with Crippen LogP contribution in [0.3, 0.4) is 0 Å². The minimum Gasteiger partial charge on any atom is -0.396 e. The average Bonchev–Trinajstić information content (AvgIpc) is 2.79. The number of hydrogen-bond donors (Lipinski definition) is 1. The van der Waals surface area contributed by atoms with E-state index < -0.39 is 0 Å². The maximum atomic E-state index is 9.68. The van der Waals surface area contributed by atoms with Gasteiger partial charge in [-0.05, 0) is 50.4 Å². The molecule has 2 rings (SSSR count). The lowest BCUT2D eigenvalue weighted by molar-refractivity contribution is -0.0824. The van der Waals surface area contributed by atoms with E-state index in [0.29, 0.717) is 12.7 Å². The maximum Gasteiger partial charge on any atom is 0.0687 e. The van der Waals surface area contributed by atoms with Crippen molar-refractivity contribution in [1.82, 2.24) is 0 Å².